The van der Waals surface area contributed by atoms with Gasteiger partial charge in [-0.15, -0.1) is 11.3 Å². The summed E-state index contributed by atoms with van der Waals surface area (Å²) in [5.74, 6) is 1.11. The Kier molecular flexibility index (Phi) is 3.66. The minimum atomic E-state index is 0.270. The number of hydrogen-bond acceptors (Lipinski definition) is 3. The fraction of sp³-hybridized carbons (Fsp3) is 0.643. The number of carbonyl (C=O) groups is 1. The van der Waals surface area contributed by atoms with E-state index in [-0.39, 0.29) is 5.91 Å². The lowest BCUT2D eigenvalue weighted by molar-refractivity contribution is -0.131. The summed E-state index contributed by atoms with van der Waals surface area (Å²) in [5, 5.41) is 5.38. The van der Waals surface area contributed by atoms with E-state index < -0.39 is 0 Å². The van der Waals surface area contributed by atoms with E-state index in [4.69, 9.17) is 0 Å². The Balaban J connectivity index is 1.49. The van der Waals surface area contributed by atoms with Crippen molar-refractivity contribution in [1.29, 1.82) is 0 Å². The van der Waals surface area contributed by atoms with Crippen LogP contribution < -0.4 is 5.32 Å². The summed E-state index contributed by atoms with van der Waals surface area (Å²) in [7, 11) is 0. The normalized spacial score (nSPS) is 18.9. The molecule has 1 aromatic heterocycles. The van der Waals surface area contributed by atoms with Gasteiger partial charge in [0.05, 0.1) is 13.1 Å². The summed E-state index contributed by atoms with van der Waals surface area (Å²) in [4.78, 5) is 15.6. The van der Waals surface area contributed by atoms with E-state index in [0.29, 0.717) is 12.6 Å². The van der Waals surface area contributed by atoms with Crippen LogP contribution in [0, 0.1) is 5.92 Å². The zero-order chi connectivity index (χ0) is 12.4. The average molecular weight is 264 g/mol. The lowest BCUT2D eigenvalue weighted by Gasteiger charge is -2.22. The standard InChI is InChI=1S/C14H20N2OS/c17-14(9-15-8-11-3-4-11)16(12-5-6-12)10-13-2-1-7-18-13/h1-2,7,11-12,15H,3-6,8-10H2. The zero-order valence-corrected chi connectivity index (χ0v) is 11.4. The molecule has 1 N–H and O–H groups in total. The van der Waals surface area contributed by atoms with Crippen molar-refractivity contribution in [2.45, 2.75) is 38.3 Å². The van der Waals surface area contributed by atoms with Gasteiger partial charge in [0.2, 0.25) is 5.91 Å². The van der Waals surface area contributed by atoms with Gasteiger partial charge < -0.3 is 10.2 Å². The predicted octanol–water partition coefficient (Wildman–Crippen LogP) is 2.24. The van der Waals surface area contributed by atoms with Crippen molar-refractivity contribution >= 4 is 17.2 Å². The summed E-state index contributed by atoms with van der Waals surface area (Å²) in [6.45, 7) is 2.33. The van der Waals surface area contributed by atoms with E-state index in [1.165, 1.54) is 30.6 Å². The molecular weight excluding hydrogens is 244 g/mol. The Morgan fingerprint density at radius 2 is 2.22 bits per heavy atom. The highest BCUT2D eigenvalue weighted by Gasteiger charge is 2.32. The molecule has 1 aromatic rings. The largest absolute Gasteiger partial charge is 0.333 e. The zero-order valence-electron chi connectivity index (χ0n) is 10.6. The lowest BCUT2D eigenvalue weighted by atomic mass is 10.3. The van der Waals surface area contributed by atoms with Crippen LogP contribution in [0.15, 0.2) is 17.5 Å². The number of carbonyl (C=O) groups excluding carboxylic acids is 1. The fourth-order valence-electron chi connectivity index (χ4n) is 2.18. The Labute approximate surface area is 112 Å². The molecular formula is C14H20N2OS. The Morgan fingerprint density at radius 3 is 2.83 bits per heavy atom. The highest BCUT2D eigenvalue weighted by atomic mass is 32.1. The van der Waals surface area contributed by atoms with Gasteiger partial charge in [0.15, 0.2) is 0 Å². The summed E-state index contributed by atoms with van der Waals surface area (Å²) in [5.41, 5.74) is 0. The van der Waals surface area contributed by atoms with Gasteiger partial charge >= 0.3 is 0 Å². The predicted molar refractivity (Wildman–Crippen MR) is 73.5 cm³/mol. The first-order valence-electron chi connectivity index (χ1n) is 6.85. The molecule has 1 amide bonds. The van der Waals surface area contributed by atoms with Crippen LogP contribution >= 0.6 is 11.3 Å². The fourth-order valence-corrected chi connectivity index (χ4v) is 2.89. The average Bonchev–Trinajstić information content (AvgIpc) is 3.28. The molecule has 18 heavy (non-hydrogen) atoms. The minimum Gasteiger partial charge on any atom is -0.333 e. The van der Waals surface area contributed by atoms with Gasteiger partial charge in [0, 0.05) is 10.9 Å². The first-order valence-corrected chi connectivity index (χ1v) is 7.73. The van der Waals surface area contributed by atoms with Crippen molar-refractivity contribution in [1.82, 2.24) is 10.2 Å². The van der Waals surface area contributed by atoms with Gasteiger partial charge in [0.25, 0.3) is 0 Å². The quantitative estimate of drug-likeness (QED) is 0.819. The van der Waals surface area contributed by atoms with Crippen LogP contribution in [0.1, 0.15) is 30.6 Å². The van der Waals surface area contributed by atoms with Crippen LogP contribution in [0.2, 0.25) is 0 Å². The van der Waals surface area contributed by atoms with Crippen molar-refractivity contribution in [2.24, 2.45) is 5.92 Å². The maximum Gasteiger partial charge on any atom is 0.237 e. The van der Waals surface area contributed by atoms with Crippen molar-refractivity contribution < 1.29 is 4.79 Å². The Bertz CT molecular complexity index is 396. The van der Waals surface area contributed by atoms with Gasteiger partial charge in [0.1, 0.15) is 0 Å². The van der Waals surface area contributed by atoms with E-state index in [1.807, 2.05) is 0 Å². The number of thiophene rings is 1. The van der Waals surface area contributed by atoms with Crippen LogP contribution in [-0.2, 0) is 11.3 Å². The van der Waals surface area contributed by atoms with E-state index in [2.05, 4.69) is 27.7 Å². The van der Waals surface area contributed by atoms with Gasteiger partial charge in [-0.2, -0.15) is 0 Å². The molecule has 2 fully saturated rings. The maximum atomic E-state index is 12.2. The van der Waals surface area contributed by atoms with Crippen LogP contribution in [-0.4, -0.2) is 29.9 Å². The van der Waals surface area contributed by atoms with E-state index in [0.717, 1.165) is 19.0 Å². The van der Waals surface area contributed by atoms with Crippen molar-refractivity contribution in [3.8, 4) is 0 Å². The number of nitrogens with one attached hydrogen (secondary N) is 1. The summed E-state index contributed by atoms with van der Waals surface area (Å²) in [6, 6.07) is 4.67. The Hall–Kier alpha value is -0.870. The number of hydrogen-bond donors (Lipinski definition) is 1. The van der Waals surface area contributed by atoms with Crippen molar-refractivity contribution in [3.05, 3.63) is 22.4 Å². The smallest absolute Gasteiger partial charge is 0.237 e. The Morgan fingerprint density at radius 1 is 1.39 bits per heavy atom. The third kappa shape index (κ3) is 3.33. The molecule has 2 aliphatic rings. The summed E-state index contributed by atoms with van der Waals surface area (Å²) >= 11 is 1.74. The molecule has 0 spiro atoms. The SMILES string of the molecule is O=C(CNCC1CC1)N(Cc1cccs1)C1CC1. The molecule has 0 unspecified atom stereocenters. The molecule has 1 heterocycles. The first kappa shape index (κ1) is 12.2. The van der Waals surface area contributed by atoms with Crippen LogP contribution in [0.25, 0.3) is 0 Å². The molecule has 4 heteroatoms. The molecule has 0 aromatic carbocycles. The number of amides is 1. The number of nitrogens with zero attached hydrogens (tertiary/aromatic N) is 1. The molecule has 3 rings (SSSR count). The summed E-state index contributed by atoms with van der Waals surface area (Å²) in [6.07, 6.45) is 5.03. The van der Waals surface area contributed by atoms with E-state index in [1.54, 1.807) is 11.3 Å². The highest BCUT2D eigenvalue weighted by Crippen LogP contribution is 2.29. The van der Waals surface area contributed by atoms with Crippen LogP contribution in [0.3, 0.4) is 0 Å². The third-order valence-electron chi connectivity index (χ3n) is 3.62. The van der Waals surface area contributed by atoms with Gasteiger partial charge in [-0.1, -0.05) is 6.07 Å². The lowest BCUT2D eigenvalue weighted by Crippen LogP contribution is -2.39. The first-order chi connectivity index (χ1) is 8.83. The molecule has 98 valence electrons. The molecule has 2 saturated carbocycles. The van der Waals surface area contributed by atoms with Gasteiger partial charge in [-0.05, 0) is 49.6 Å². The highest BCUT2D eigenvalue weighted by molar-refractivity contribution is 7.09. The maximum absolute atomic E-state index is 12.2. The topological polar surface area (TPSA) is 32.3 Å². The second-order valence-electron chi connectivity index (χ2n) is 5.41. The van der Waals surface area contributed by atoms with Crippen molar-refractivity contribution in [2.75, 3.05) is 13.1 Å². The summed E-state index contributed by atoms with van der Waals surface area (Å²) < 4.78 is 0. The van der Waals surface area contributed by atoms with Crippen molar-refractivity contribution in [3.63, 3.8) is 0 Å². The molecule has 0 bridgehead atoms. The van der Waals surface area contributed by atoms with Gasteiger partial charge in [-0.25, -0.2) is 0 Å². The monoisotopic (exact) mass is 264 g/mol. The van der Waals surface area contributed by atoms with Gasteiger partial charge in [-0.3, -0.25) is 4.79 Å². The molecule has 0 atom stereocenters. The number of rotatable bonds is 7. The molecule has 0 radical (unpaired) electrons. The molecule has 0 saturated heterocycles. The third-order valence-corrected chi connectivity index (χ3v) is 4.48. The molecule has 0 aliphatic heterocycles. The molecule has 2 aliphatic carbocycles. The second-order valence-corrected chi connectivity index (χ2v) is 6.44. The minimum absolute atomic E-state index is 0.270. The van der Waals surface area contributed by atoms with Crippen LogP contribution in [0.5, 0.6) is 0 Å². The second kappa shape index (κ2) is 5.41. The van der Waals surface area contributed by atoms with E-state index >= 15 is 0 Å². The molecule has 3 nitrogen and oxygen atoms in total. The van der Waals surface area contributed by atoms with E-state index in [9.17, 15) is 4.79 Å². The van der Waals surface area contributed by atoms with Crippen LogP contribution in [0.4, 0.5) is 0 Å².